The summed E-state index contributed by atoms with van der Waals surface area (Å²) in [6, 6.07) is 8.75. The summed E-state index contributed by atoms with van der Waals surface area (Å²) < 4.78 is 5.24. The Morgan fingerprint density at radius 2 is 1.63 bits per heavy atom. The molecule has 0 aromatic heterocycles. The molecule has 1 aliphatic carbocycles. The molecular formula is C17H28GeO. The first kappa shape index (κ1) is 15.0. The van der Waals surface area contributed by atoms with Gasteiger partial charge < -0.3 is 0 Å². The van der Waals surface area contributed by atoms with Crippen molar-refractivity contribution >= 4 is 13.3 Å². The molecular weight excluding hydrogens is 293 g/mol. The van der Waals surface area contributed by atoms with E-state index in [0.29, 0.717) is 0 Å². The standard InChI is InChI=1S/C17H28GeO/c1-5-18(6-2,7-3)13-15-12-17(15)14-8-10-16(19-4)11-9-14/h8-11,15,17H,5-7,12-13H2,1-4H3/t15-,17-/m0/s1. The van der Waals surface area contributed by atoms with E-state index in [0.717, 1.165) is 17.6 Å². The van der Waals surface area contributed by atoms with Crippen molar-refractivity contribution in [1.82, 2.24) is 0 Å². The second-order valence-corrected chi connectivity index (χ2v) is 17.7. The summed E-state index contributed by atoms with van der Waals surface area (Å²) in [5.41, 5.74) is 1.53. The van der Waals surface area contributed by atoms with Gasteiger partial charge >= 0.3 is 121 Å². The number of hydrogen-bond acceptors (Lipinski definition) is 1. The molecule has 0 bridgehead atoms. The van der Waals surface area contributed by atoms with Crippen molar-refractivity contribution < 1.29 is 4.74 Å². The van der Waals surface area contributed by atoms with Gasteiger partial charge in [0.25, 0.3) is 0 Å². The molecule has 0 aliphatic heterocycles. The second kappa shape index (κ2) is 6.34. The topological polar surface area (TPSA) is 9.23 Å². The van der Waals surface area contributed by atoms with E-state index in [1.54, 1.807) is 12.4 Å². The van der Waals surface area contributed by atoms with Gasteiger partial charge in [0.15, 0.2) is 0 Å². The number of ether oxygens (including phenoxy) is 1. The van der Waals surface area contributed by atoms with Crippen molar-refractivity contribution in [1.29, 1.82) is 0 Å². The molecule has 1 fully saturated rings. The van der Waals surface area contributed by atoms with Gasteiger partial charge in [0, 0.05) is 0 Å². The fourth-order valence-corrected chi connectivity index (χ4v) is 11.7. The number of methoxy groups -OCH3 is 1. The average molecular weight is 321 g/mol. The Balaban J connectivity index is 1.96. The van der Waals surface area contributed by atoms with E-state index in [1.165, 1.54) is 27.7 Å². The van der Waals surface area contributed by atoms with E-state index in [-0.39, 0.29) is 0 Å². The van der Waals surface area contributed by atoms with Gasteiger partial charge in [-0.2, -0.15) is 0 Å². The van der Waals surface area contributed by atoms with E-state index in [2.05, 4.69) is 45.0 Å². The van der Waals surface area contributed by atoms with Crippen molar-refractivity contribution in [3.8, 4) is 5.75 Å². The first-order valence-electron chi connectivity index (χ1n) is 7.82. The molecule has 2 rings (SSSR count). The third-order valence-electron chi connectivity index (χ3n) is 5.41. The number of benzene rings is 1. The van der Waals surface area contributed by atoms with Crippen molar-refractivity contribution in [3.05, 3.63) is 29.8 Å². The Kier molecular flexibility index (Phi) is 4.99. The molecule has 1 aromatic carbocycles. The number of hydrogen-bond donors (Lipinski definition) is 0. The van der Waals surface area contributed by atoms with Gasteiger partial charge in [-0.15, -0.1) is 0 Å². The van der Waals surface area contributed by atoms with E-state index in [1.807, 2.05) is 0 Å². The summed E-state index contributed by atoms with van der Waals surface area (Å²) in [7, 11) is 1.74. The van der Waals surface area contributed by atoms with E-state index < -0.39 is 13.3 Å². The van der Waals surface area contributed by atoms with Gasteiger partial charge in [-0.3, -0.25) is 0 Å². The van der Waals surface area contributed by atoms with Crippen LogP contribution in [0.15, 0.2) is 24.3 Å². The number of rotatable bonds is 7. The molecule has 0 unspecified atom stereocenters. The minimum absolute atomic E-state index is 0.848. The van der Waals surface area contributed by atoms with Crippen LogP contribution in [0.3, 0.4) is 0 Å². The maximum atomic E-state index is 5.24. The van der Waals surface area contributed by atoms with Gasteiger partial charge in [0.05, 0.1) is 0 Å². The van der Waals surface area contributed by atoms with Crippen LogP contribution in [0.25, 0.3) is 0 Å². The predicted octanol–water partition coefficient (Wildman–Crippen LogP) is 5.31. The molecule has 0 amide bonds. The van der Waals surface area contributed by atoms with Crippen LogP contribution in [0, 0.1) is 5.92 Å². The third-order valence-corrected chi connectivity index (χ3v) is 17.8. The average Bonchev–Trinajstić information content (AvgIpc) is 3.24. The van der Waals surface area contributed by atoms with Gasteiger partial charge in [-0.05, 0) is 0 Å². The first-order chi connectivity index (χ1) is 9.18. The zero-order valence-corrected chi connectivity index (χ0v) is 15.0. The fraction of sp³-hybridized carbons (Fsp3) is 0.647. The van der Waals surface area contributed by atoms with Crippen LogP contribution in [-0.2, 0) is 0 Å². The summed E-state index contributed by atoms with van der Waals surface area (Å²) in [4.78, 5) is 0. The SMILES string of the molecule is C[CH2][Ge]([CH2]C)([CH2]C)[CH2][C@@H]1C[C@H]1c1ccc(OC)cc1. The van der Waals surface area contributed by atoms with Crippen LogP contribution in [0.1, 0.15) is 38.7 Å². The molecule has 0 spiro atoms. The van der Waals surface area contributed by atoms with Crippen molar-refractivity contribution in [3.63, 3.8) is 0 Å². The fourth-order valence-electron chi connectivity index (χ4n) is 3.47. The molecule has 1 aromatic rings. The molecule has 2 heteroatoms. The van der Waals surface area contributed by atoms with Gasteiger partial charge in [-0.25, -0.2) is 0 Å². The van der Waals surface area contributed by atoms with Crippen LogP contribution in [0.4, 0.5) is 0 Å². The predicted molar refractivity (Wildman–Crippen MR) is 85.8 cm³/mol. The summed E-state index contributed by atoms with van der Waals surface area (Å²) in [5.74, 6) is 2.82. The van der Waals surface area contributed by atoms with Crippen LogP contribution in [0.5, 0.6) is 5.75 Å². The molecule has 1 nitrogen and oxygen atoms in total. The molecule has 0 heterocycles. The summed E-state index contributed by atoms with van der Waals surface area (Å²) in [5, 5.41) is 6.14. The third kappa shape index (κ3) is 3.36. The van der Waals surface area contributed by atoms with Gasteiger partial charge in [0.2, 0.25) is 0 Å². The van der Waals surface area contributed by atoms with Crippen LogP contribution in [0.2, 0.25) is 21.0 Å². The van der Waals surface area contributed by atoms with Crippen molar-refractivity contribution in [2.75, 3.05) is 7.11 Å². The Morgan fingerprint density at radius 1 is 1.05 bits per heavy atom. The van der Waals surface area contributed by atoms with Crippen LogP contribution < -0.4 is 4.74 Å². The zero-order chi connectivity index (χ0) is 13.9. The Labute approximate surface area is 121 Å². The van der Waals surface area contributed by atoms with Crippen LogP contribution in [-0.4, -0.2) is 20.4 Å². The molecule has 0 radical (unpaired) electrons. The summed E-state index contributed by atoms with van der Waals surface area (Å²) in [6.45, 7) is 7.33. The summed E-state index contributed by atoms with van der Waals surface area (Å²) >= 11 is -1.47. The Bertz CT molecular complexity index is 386. The van der Waals surface area contributed by atoms with Crippen molar-refractivity contribution in [2.24, 2.45) is 5.92 Å². The molecule has 19 heavy (non-hydrogen) atoms. The van der Waals surface area contributed by atoms with Crippen LogP contribution >= 0.6 is 0 Å². The van der Waals surface area contributed by atoms with Gasteiger partial charge in [0.1, 0.15) is 0 Å². The first-order valence-corrected chi connectivity index (χ1v) is 13.8. The van der Waals surface area contributed by atoms with E-state index >= 15 is 0 Å². The van der Waals surface area contributed by atoms with E-state index in [4.69, 9.17) is 4.74 Å². The summed E-state index contributed by atoms with van der Waals surface area (Å²) in [6.07, 6.45) is 1.43. The second-order valence-electron chi connectivity index (χ2n) is 6.14. The Morgan fingerprint density at radius 3 is 2.11 bits per heavy atom. The van der Waals surface area contributed by atoms with Crippen molar-refractivity contribution in [2.45, 2.75) is 54.1 Å². The van der Waals surface area contributed by atoms with E-state index in [9.17, 15) is 0 Å². The molecule has 0 saturated heterocycles. The molecule has 2 atom stereocenters. The molecule has 1 saturated carbocycles. The molecule has 1 aliphatic rings. The Hall–Kier alpha value is -0.437. The zero-order valence-electron chi connectivity index (χ0n) is 12.9. The quantitative estimate of drug-likeness (QED) is 0.619. The minimum atomic E-state index is -1.47. The van der Waals surface area contributed by atoms with Gasteiger partial charge in [-0.1, -0.05) is 0 Å². The molecule has 106 valence electrons. The normalized spacial score (nSPS) is 22.3. The monoisotopic (exact) mass is 322 g/mol. The maximum absolute atomic E-state index is 5.24. The molecule has 0 N–H and O–H groups in total.